The molecule has 0 fully saturated rings. The molecule has 1 aromatic carbocycles. The van der Waals surface area contributed by atoms with Crippen LogP contribution < -0.4 is 4.74 Å². The van der Waals surface area contributed by atoms with Crippen molar-refractivity contribution in [1.82, 2.24) is 4.98 Å². The van der Waals surface area contributed by atoms with Crippen molar-refractivity contribution >= 4 is 21.6 Å². The van der Waals surface area contributed by atoms with Gasteiger partial charge in [-0.15, -0.1) is 0 Å². The van der Waals surface area contributed by atoms with Crippen LogP contribution in [0, 0.1) is 15.9 Å². The van der Waals surface area contributed by atoms with Gasteiger partial charge in [0.2, 0.25) is 0 Å². The molecule has 1 heterocycles. The molecule has 0 aliphatic rings. The summed E-state index contributed by atoms with van der Waals surface area (Å²) in [7, 11) is 0. The maximum Gasteiger partial charge on any atom is 0.331 e. The van der Waals surface area contributed by atoms with Crippen LogP contribution in [-0.2, 0) is 0 Å². The van der Waals surface area contributed by atoms with Crippen LogP contribution in [0.2, 0.25) is 0 Å². The van der Waals surface area contributed by atoms with Crippen LogP contribution in [0.5, 0.6) is 11.6 Å². The number of benzene rings is 1. The Bertz CT molecular complexity index is 607. The van der Waals surface area contributed by atoms with E-state index < -0.39 is 10.7 Å². The summed E-state index contributed by atoms with van der Waals surface area (Å²) in [4.78, 5) is 13.8. The van der Waals surface area contributed by atoms with Crippen LogP contribution in [0.4, 0.5) is 10.1 Å². The number of rotatable bonds is 3. The fourth-order valence-electron chi connectivity index (χ4n) is 1.26. The quantitative estimate of drug-likeness (QED) is 0.640. The van der Waals surface area contributed by atoms with Gasteiger partial charge >= 0.3 is 5.69 Å². The van der Waals surface area contributed by atoms with E-state index in [2.05, 4.69) is 20.9 Å². The molecule has 0 aliphatic heterocycles. The predicted octanol–water partition coefficient (Wildman–Crippen LogP) is 3.68. The second kappa shape index (κ2) is 5.09. The van der Waals surface area contributed by atoms with Crippen LogP contribution in [-0.4, -0.2) is 9.91 Å². The molecule has 0 amide bonds. The van der Waals surface area contributed by atoms with Crippen LogP contribution >= 0.6 is 15.9 Å². The van der Waals surface area contributed by atoms with E-state index >= 15 is 0 Å². The SMILES string of the molecule is O=[N+]([O-])c1cccnc1Oc1cc(Br)ccc1F. The third-order valence-electron chi connectivity index (χ3n) is 2.05. The highest BCUT2D eigenvalue weighted by Crippen LogP contribution is 2.31. The number of nitro groups is 1. The minimum atomic E-state index is -0.641. The number of aromatic nitrogens is 1. The van der Waals surface area contributed by atoms with Gasteiger partial charge in [0.05, 0.1) is 4.92 Å². The molecule has 0 atom stereocenters. The molecule has 0 saturated heterocycles. The average molecular weight is 313 g/mol. The van der Waals surface area contributed by atoms with Crippen molar-refractivity contribution in [2.45, 2.75) is 0 Å². The Morgan fingerprint density at radius 1 is 1.39 bits per heavy atom. The van der Waals surface area contributed by atoms with Gasteiger partial charge < -0.3 is 4.74 Å². The number of hydrogen-bond acceptors (Lipinski definition) is 4. The van der Waals surface area contributed by atoms with Crippen LogP contribution in [0.25, 0.3) is 0 Å². The second-order valence-corrected chi connectivity index (χ2v) is 4.18. The van der Waals surface area contributed by atoms with Crippen molar-refractivity contribution in [2.24, 2.45) is 0 Å². The lowest BCUT2D eigenvalue weighted by molar-refractivity contribution is -0.386. The predicted molar refractivity (Wildman–Crippen MR) is 65.1 cm³/mol. The summed E-state index contributed by atoms with van der Waals surface area (Å²) in [6, 6.07) is 6.69. The third-order valence-corrected chi connectivity index (χ3v) is 2.54. The van der Waals surface area contributed by atoms with Crippen molar-refractivity contribution in [3.8, 4) is 11.6 Å². The summed E-state index contributed by atoms with van der Waals surface area (Å²) in [6.07, 6.45) is 1.33. The molecule has 0 spiro atoms. The van der Waals surface area contributed by atoms with E-state index in [0.29, 0.717) is 4.47 Å². The number of ether oxygens (including phenoxy) is 1. The highest BCUT2D eigenvalue weighted by molar-refractivity contribution is 9.10. The second-order valence-electron chi connectivity index (χ2n) is 3.26. The van der Waals surface area contributed by atoms with Gasteiger partial charge in [-0.2, -0.15) is 0 Å². The Kier molecular flexibility index (Phi) is 3.52. The summed E-state index contributed by atoms with van der Waals surface area (Å²) < 4.78 is 19.2. The summed E-state index contributed by atoms with van der Waals surface area (Å²) in [5, 5.41) is 10.7. The fourth-order valence-corrected chi connectivity index (χ4v) is 1.60. The van der Waals surface area contributed by atoms with E-state index in [1.807, 2.05) is 0 Å². The van der Waals surface area contributed by atoms with Gasteiger partial charge in [-0.25, -0.2) is 9.37 Å². The molecule has 0 bridgehead atoms. The first-order valence-corrected chi connectivity index (χ1v) is 5.59. The average Bonchev–Trinajstić information content (AvgIpc) is 2.34. The fraction of sp³-hybridized carbons (Fsp3) is 0. The number of halogens is 2. The van der Waals surface area contributed by atoms with Gasteiger partial charge in [0.15, 0.2) is 11.6 Å². The number of nitrogens with zero attached hydrogens (tertiary/aromatic N) is 2. The molecule has 2 aromatic rings. The Morgan fingerprint density at radius 2 is 2.17 bits per heavy atom. The molecule has 0 radical (unpaired) electrons. The van der Waals surface area contributed by atoms with E-state index in [4.69, 9.17) is 4.74 Å². The lowest BCUT2D eigenvalue weighted by Gasteiger charge is -2.06. The monoisotopic (exact) mass is 312 g/mol. The third kappa shape index (κ3) is 2.62. The molecular weight excluding hydrogens is 307 g/mol. The van der Waals surface area contributed by atoms with E-state index in [1.54, 1.807) is 0 Å². The van der Waals surface area contributed by atoms with Crippen molar-refractivity contribution in [3.05, 3.63) is 56.9 Å². The lowest BCUT2D eigenvalue weighted by Crippen LogP contribution is -1.96. The van der Waals surface area contributed by atoms with Gasteiger partial charge in [-0.1, -0.05) is 15.9 Å². The molecule has 0 N–H and O–H groups in total. The van der Waals surface area contributed by atoms with E-state index in [-0.39, 0.29) is 17.3 Å². The largest absolute Gasteiger partial charge is 0.431 e. The van der Waals surface area contributed by atoms with Crippen LogP contribution in [0.15, 0.2) is 41.0 Å². The Labute approximate surface area is 110 Å². The summed E-state index contributed by atoms with van der Waals surface area (Å²) in [5.41, 5.74) is -0.322. The van der Waals surface area contributed by atoms with Gasteiger partial charge in [0.1, 0.15) is 0 Å². The molecular formula is C11H6BrFN2O3. The molecule has 1 aromatic heterocycles. The molecule has 0 unspecified atom stereocenters. The summed E-state index contributed by atoms with van der Waals surface area (Å²) in [6.45, 7) is 0. The van der Waals surface area contributed by atoms with Gasteiger partial charge in [-0.3, -0.25) is 10.1 Å². The Hall–Kier alpha value is -2.02. The Balaban J connectivity index is 2.40. The molecule has 7 heteroatoms. The smallest absolute Gasteiger partial charge is 0.331 e. The maximum atomic E-state index is 13.4. The van der Waals surface area contributed by atoms with Crippen LogP contribution in [0.3, 0.4) is 0 Å². The highest BCUT2D eigenvalue weighted by atomic mass is 79.9. The molecule has 18 heavy (non-hydrogen) atoms. The zero-order valence-corrected chi connectivity index (χ0v) is 10.4. The zero-order chi connectivity index (χ0) is 13.1. The standard InChI is InChI=1S/C11H6BrFN2O3/c12-7-3-4-8(13)10(6-7)18-11-9(15(16)17)2-1-5-14-11/h1-6H. The zero-order valence-electron chi connectivity index (χ0n) is 8.84. The van der Waals surface area contributed by atoms with Crippen molar-refractivity contribution in [2.75, 3.05) is 0 Å². The molecule has 2 rings (SSSR count). The van der Waals surface area contributed by atoms with Crippen molar-refractivity contribution in [3.63, 3.8) is 0 Å². The normalized spacial score (nSPS) is 10.1. The molecule has 0 saturated carbocycles. The van der Waals surface area contributed by atoms with Crippen molar-refractivity contribution in [1.29, 1.82) is 0 Å². The minimum absolute atomic E-state index is 0.133. The first-order chi connectivity index (χ1) is 8.58. The first-order valence-electron chi connectivity index (χ1n) is 4.80. The topological polar surface area (TPSA) is 65.3 Å². The highest BCUT2D eigenvalue weighted by Gasteiger charge is 2.17. The Morgan fingerprint density at radius 3 is 2.89 bits per heavy atom. The molecule has 92 valence electrons. The first kappa shape index (κ1) is 12.4. The number of hydrogen-bond donors (Lipinski definition) is 0. The van der Waals surface area contributed by atoms with E-state index in [0.717, 1.165) is 0 Å². The summed E-state index contributed by atoms with van der Waals surface area (Å²) in [5.74, 6) is -1.01. The molecule has 5 nitrogen and oxygen atoms in total. The van der Waals surface area contributed by atoms with Crippen LogP contribution in [0.1, 0.15) is 0 Å². The van der Waals surface area contributed by atoms with Gasteiger partial charge in [0, 0.05) is 16.7 Å². The summed E-state index contributed by atoms with van der Waals surface area (Å²) >= 11 is 3.16. The maximum absolute atomic E-state index is 13.4. The van der Waals surface area contributed by atoms with Crippen molar-refractivity contribution < 1.29 is 14.1 Å². The number of pyridine rings is 1. The van der Waals surface area contributed by atoms with E-state index in [1.165, 1.54) is 36.5 Å². The lowest BCUT2D eigenvalue weighted by atomic mass is 10.3. The minimum Gasteiger partial charge on any atom is -0.431 e. The van der Waals surface area contributed by atoms with Gasteiger partial charge in [0.25, 0.3) is 5.88 Å². The molecule has 0 aliphatic carbocycles. The van der Waals surface area contributed by atoms with Gasteiger partial charge in [-0.05, 0) is 24.3 Å². The van der Waals surface area contributed by atoms with E-state index in [9.17, 15) is 14.5 Å².